The van der Waals surface area contributed by atoms with E-state index in [-0.39, 0.29) is 11.5 Å². The highest BCUT2D eigenvalue weighted by molar-refractivity contribution is 6.11. The van der Waals surface area contributed by atoms with Crippen LogP contribution in [0.4, 0.5) is 5.69 Å². The third-order valence-electron chi connectivity index (χ3n) is 4.88. The van der Waals surface area contributed by atoms with Crippen LogP contribution in [0.5, 0.6) is 0 Å². The van der Waals surface area contributed by atoms with Gasteiger partial charge in [0.2, 0.25) is 0 Å². The van der Waals surface area contributed by atoms with Crippen LogP contribution in [0.3, 0.4) is 0 Å². The van der Waals surface area contributed by atoms with Crippen LogP contribution in [0, 0.1) is 18.3 Å². The van der Waals surface area contributed by atoms with E-state index in [9.17, 15) is 10.1 Å². The van der Waals surface area contributed by atoms with Crippen molar-refractivity contribution >= 4 is 28.4 Å². The summed E-state index contributed by atoms with van der Waals surface area (Å²) in [5, 5.41) is 14.7. The van der Waals surface area contributed by atoms with Crippen molar-refractivity contribution in [2.45, 2.75) is 19.8 Å². The molecule has 0 aliphatic heterocycles. The van der Waals surface area contributed by atoms with Gasteiger partial charge in [-0.25, -0.2) is 0 Å². The lowest BCUT2D eigenvalue weighted by molar-refractivity contribution is -0.112. The number of benzene rings is 3. The molecule has 0 saturated heterocycles. The van der Waals surface area contributed by atoms with Crippen molar-refractivity contribution in [2.24, 2.45) is 0 Å². The van der Waals surface area contributed by atoms with Gasteiger partial charge in [-0.1, -0.05) is 48.0 Å². The molecule has 0 fully saturated rings. The van der Waals surface area contributed by atoms with E-state index in [0.717, 1.165) is 29.4 Å². The molecule has 0 unspecified atom stereocenters. The molecule has 1 amide bonds. The van der Waals surface area contributed by atoms with E-state index in [1.165, 1.54) is 16.5 Å². The Bertz CT molecular complexity index is 1080. The summed E-state index contributed by atoms with van der Waals surface area (Å²) < 4.78 is 0. The Hall–Kier alpha value is -3.38. The third kappa shape index (κ3) is 2.87. The zero-order valence-corrected chi connectivity index (χ0v) is 14.5. The maximum atomic E-state index is 12.5. The Morgan fingerprint density at radius 1 is 1.04 bits per heavy atom. The van der Waals surface area contributed by atoms with Crippen molar-refractivity contribution in [2.75, 3.05) is 5.32 Å². The first-order chi connectivity index (χ1) is 12.7. The van der Waals surface area contributed by atoms with E-state index < -0.39 is 0 Å². The smallest absolute Gasteiger partial charge is 0.266 e. The molecule has 0 radical (unpaired) electrons. The predicted octanol–water partition coefficient (Wildman–Crippen LogP) is 4.79. The summed E-state index contributed by atoms with van der Waals surface area (Å²) in [5.41, 5.74) is 5.49. The van der Waals surface area contributed by atoms with Gasteiger partial charge in [-0.15, -0.1) is 0 Å². The Morgan fingerprint density at radius 2 is 1.77 bits per heavy atom. The number of rotatable bonds is 3. The minimum atomic E-state index is -0.389. The summed E-state index contributed by atoms with van der Waals surface area (Å²) in [6.07, 6.45) is 3.79. The van der Waals surface area contributed by atoms with E-state index in [2.05, 4.69) is 23.5 Å². The molecule has 0 spiro atoms. The van der Waals surface area contributed by atoms with Crippen LogP contribution in [-0.4, -0.2) is 5.91 Å². The number of aryl methyl sites for hydroxylation is 3. The Kier molecular flexibility index (Phi) is 4.02. The number of hydrogen-bond acceptors (Lipinski definition) is 2. The lowest BCUT2D eigenvalue weighted by Gasteiger charge is -2.07. The largest absolute Gasteiger partial charge is 0.321 e. The molecule has 1 aliphatic rings. The van der Waals surface area contributed by atoms with Crippen LogP contribution in [0.15, 0.2) is 60.2 Å². The Balaban J connectivity index is 1.70. The van der Waals surface area contributed by atoms with Crippen molar-refractivity contribution < 1.29 is 4.79 Å². The number of nitrogens with one attached hydrogen (secondary N) is 1. The molecule has 1 aliphatic carbocycles. The van der Waals surface area contributed by atoms with Crippen LogP contribution in [-0.2, 0) is 17.6 Å². The van der Waals surface area contributed by atoms with E-state index in [1.54, 1.807) is 6.08 Å². The van der Waals surface area contributed by atoms with Crippen LogP contribution in [0.1, 0.15) is 22.3 Å². The summed E-state index contributed by atoms with van der Waals surface area (Å²) in [4.78, 5) is 12.5. The van der Waals surface area contributed by atoms with Crippen LogP contribution in [0.25, 0.3) is 16.8 Å². The van der Waals surface area contributed by atoms with Gasteiger partial charge in [0.15, 0.2) is 0 Å². The second-order valence-electron chi connectivity index (χ2n) is 6.64. The topological polar surface area (TPSA) is 52.9 Å². The lowest BCUT2D eigenvalue weighted by Crippen LogP contribution is -2.13. The monoisotopic (exact) mass is 338 g/mol. The minimum Gasteiger partial charge on any atom is -0.321 e. The van der Waals surface area contributed by atoms with Gasteiger partial charge in [0, 0.05) is 5.69 Å². The first-order valence-corrected chi connectivity index (χ1v) is 8.69. The second-order valence-corrected chi connectivity index (χ2v) is 6.64. The number of carbonyl (C=O) groups excluding carboxylic acids is 1. The Morgan fingerprint density at radius 3 is 2.50 bits per heavy atom. The highest BCUT2D eigenvalue weighted by atomic mass is 16.1. The first-order valence-electron chi connectivity index (χ1n) is 8.69. The van der Waals surface area contributed by atoms with Crippen LogP contribution >= 0.6 is 0 Å². The maximum Gasteiger partial charge on any atom is 0.266 e. The summed E-state index contributed by atoms with van der Waals surface area (Å²) in [5.74, 6) is -0.389. The number of amides is 1. The van der Waals surface area contributed by atoms with Gasteiger partial charge in [-0.05, 0) is 65.4 Å². The molecule has 3 aromatic carbocycles. The molecule has 0 bridgehead atoms. The second kappa shape index (κ2) is 6.50. The molecule has 3 nitrogen and oxygen atoms in total. The van der Waals surface area contributed by atoms with E-state index in [4.69, 9.17) is 0 Å². The third-order valence-corrected chi connectivity index (χ3v) is 4.88. The van der Waals surface area contributed by atoms with Gasteiger partial charge in [0.05, 0.1) is 0 Å². The molecular weight excluding hydrogens is 320 g/mol. The molecule has 3 heteroatoms. The molecule has 3 aromatic rings. The fourth-order valence-corrected chi connectivity index (χ4v) is 3.53. The lowest BCUT2D eigenvalue weighted by atomic mass is 9.98. The standard InChI is InChI=1S/C23H18N2O/c1-15-5-11-20(12-6-15)25-23(26)19(14-24)13-18-10-9-17-8-7-16-3-2-4-21(18)22(16)17/h2-6,9-13H,7-8H2,1H3,(H,25,26)/b19-13-. The van der Waals surface area contributed by atoms with Crippen LogP contribution in [0.2, 0.25) is 0 Å². The van der Waals surface area contributed by atoms with Gasteiger partial charge in [-0.2, -0.15) is 5.26 Å². The molecule has 0 saturated carbocycles. The molecule has 4 rings (SSSR count). The highest BCUT2D eigenvalue weighted by Crippen LogP contribution is 2.33. The van der Waals surface area contributed by atoms with Gasteiger partial charge in [-0.3, -0.25) is 4.79 Å². The quantitative estimate of drug-likeness (QED) is 0.551. The van der Waals surface area contributed by atoms with Crippen molar-refractivity contribution in [1.82, 2.24) is 0 Å². The molecule has 126 valence electrons. The first kappa shape index (κ1) is 16.1. The van der Waals surface area contributed by atoms with Crippen molar-refractivity contribution in [1.29, 1.82) is 5.26 Å². The molecule has 1 N–H and O–H groups in total. The van der Waals surface area contributed by atoms with Crippen molar-refractivity contribution in [3.05, 3.63) is 82.4 Å². The highest BCUT2D eigenvalue weighted by Gasteiger charge is 2.16. The Labute approximate surface area is 152 Å². The summed E-state index contributed by atoms with van der Waals surface area (Å²) in [6, 6.07) is 19.9. The van der Waals surface area contributed by atoms with Gasteiger partial charge >= 0.3 is 0 Å². The van der Waals surface area contributed by atoms with E-state index in [0.29, 0.717) is 5.69 Å². The molecular formula is C23H18N2O. The molecule has 0 atom stereocenters. The molecule has 26 heavy (non-hydrogen) atoms. The molecule has 0 aromatic heterocycles. The fraction of sp³-hybridized carbons (Fsp3) is 0.130. The minimum absolute atomic E-state index is 0.101. The maximum absolute atomic E-state index is 12.5. The van der Waals surface area contributed by atoms with Gasteiger partial charge in [0.25, 0.3) is 5.91 Å². The predicted molar refractivity (Wildman–Crippen MR) is 105 cm³/mol. The molecule has 0 heterocycles. The zero-order chi connectivity index (χ0) is 18.1. The van der Waals surface area contributed by atoms with Gasteiger partial charge < -0.3 is 5.32 Å². The number of nitriles is 1. The number of carbonyl (C=O) groups is 1. The fourth-order valence-electron chi connectivity index (χ4n) is 3.53. The van der Waals surface area contributed by atoms with Gasteiger partial charge in [0.1, 0.15) is 11.6 Å². The number of hydrogen-bond donors (Lipinski definition) is 1. The number of anilines is 1. The normalized spacial score (nSPS) is 12.8. The summed E-state index contributed by atoms with van der Waals surface area (Å²) in [7, 11) is 0. The van der Waals surface area contributed by atoms with Crippen molar-refractivity contribution in [3.63, 3.8) is 0 Å². The average Bonchev–Trinajstić information content (AvgIpc) is 3.08. The van der Waals surface area contributed by atoms with E-state index >= 15 is 0 Å². The van der Waals surface area contributed by atoms with E-state index in [1.807, 2.05) is 49.4 Å². The summed E-state index contributed by atoms with van der Waals surface area (Å²) in [6.45, 7) is 1.99. The number of nitrogens with zero attached hydrogens (tertiary/aromatic N) is 1. The average molecular weight is 338 g/mol. The van der Waals surface area contributed by atoms with Crippen molar-refractivity contribution in [3.8, 4) is 6.07 Å². The zero-order valence-electron chi connectivity index (χ0n) is 14.5. The summed E-state index contributed by atoms with van der Waals surface area (Å²) >= 11 is 0. The SMILES string of the molecule is Cc1ccc(NC(=O)/C(C#N)=C\c2ccc3c4c(cccc24)CC3)cc1. The van der Waals surface area contributed by atoms with Crippen LogP contribution < -0.4 is 5.32 Å².